The number of hydrogen-bond acceptors (Lipinski definition) is 3. The van der Waals surface area contributed by atoms with Gasteiger partial charge >= 0.3 is 0 Å². The molecule has 0 unspecified atom stereocenters. The number of rotatable bonds is 5. The number of anilines is 1. The van der Waals surface area contributed by atoms with Crippen LogP contribution in [-0.2, 0) is 6.42 Å². The summed E-state index contributed by atoms with van der Waals surface area (Å²) in [5.41, 5.74) is 2.58. The van der Waals surface area contributed by atoms with Crippen molar-refractivity contribution in [1.82, 2.24) is 9.78 Å². The van der Waals surface area contributed by atoms with E-state index in [2.05, 4.69) is 18.9 Å². The Balaban J connectivity index is 2.13. The van der Waals surface area contributed by atoms with Crippen molar-refractivity contribution in [2.45, 2.75) is 26.3 Å². The van der Waals surface area contributed by atoms with Gasteiger partial charge in [0, 0.05) is 37.6 Å². The molecule has 0 aliphatic rings. The smallest absolute Gasteiger partial charge is 0.168 e. The molecule has 4 heteroatoms. The normalized spacial score (nSPS) is 10.8. The third-order valence-corrected chi connectivity index (χ3v) is 3.22. The fourth-order valence-corrected chi connectivity index (χ4v) is 1.98. The number of hydrogen-bond donors (Lipinski definition) is 0. The van der Waals surface area contributed by atoms with Gasteiger partial charge in [-0.1, -0.05) is 12.1 Å². The van der Waals surface area contributed by atoms with Crippen LogP contribution in [0.25, 0.3) is 0 Å². The minimum absolute atomic E-state index is 0.0997. The zero-order valence-corrected chi connectivity index (χ0v) is 12.5. The molecule has 106 valence electrons. The molecule has 20 heavy (non-hydrogen) atoms. The van der Waals surface area contributed by atoms with Gasteiger partial charge in [0.2, 0.25) is 0 Å². The van der Waals surface area contributed by atoms with Crippen molar-refractivity contribution in [2.24, 2.45) is 0 Å². The maximum Gasteiger partial charge on any atom is 0.168 e. The van der Waals surface area contributed by atoms with Crippen LogP contribution < -0.4 is 4.90 Å². The van der Waals surface area contributed by atoms with Gasteiger partial charge < -0.3 is 4.90 Å². The summed E-state index contributed by atoms with van der Waals surface area (Å²) in [6.45, 7) is 4.14. The summed E-state index contributed by atoms with van der Waals surface area (Å²) in [5.74, 6) is 0.0997. The Morgan fingerprint density at radius 1 is 1.30 bits per heavy atom. The second kappa shape index (κ2) is 5.90. The minimum Gasteiger partial charge on any atom is -0.378 e. The van der Waals surface area contributed by atoms with Gasteiger partial charge in [0.15, 0.2) is 5.78 Å². The van der Waals surface area contributed by atoms with E-state index in [1.54, 1.807) is 0 Å². The molecule has 0 N–H and O–H groups in total. The highest BCUT2D eigenvalue weighted by molar-refractivity contribution is 5.98. The molecule has 0 aliphatic heterocycles. The number of aromatic nitrogens is 2. The van der Waals surface area contributed by atoms with Gasteiger partial charge in [-0.25, -0.2) is 0 Å². The monoisotopic (exact) mass is 271 g/mol. The topological polar surface area (TPSA) is 38.1 Å². The Morgan fingerprint density at radius 3 is 2.65 bits per heavy atom. The quantitative estimate of drug-likeness (QED) is 0.785. The Morgan fingerprint density at radius 2 is 2.05 bits per heavy atom. The SMILES string of the molecule is CC(C)n1ccc(CC(=O)c2cccc(N(C)C)c2)n1. The zero-order chi connectivity index (χ0) is 14.7. The molecule has 2 rings (SSSR count). The van der Waals surface area contributed by atoms with Crippen LogP contribution in [-0.4, -0.2) is 29.7 Å². The highest BCUT2D eigenvalue weighted by atomic mass is 16.1. The van der Waals surface area contributed by atoms with Crippen LogP contribution in [0.2, 0.25) is 0 Å². The van der Waals surface area contributed by atoms with E-state index in [0.717, 1.165) is 16.9 Å². The van der Waals surface area contributed by atoms with Crippen molar-refractivity contribution in [2.75, 3.05) is 19.0 Å². The molecule has 0 atom stereocenters. The maximum atomic E-state index is 12.3. The van der Waals surface area contributed by atoms with Crippen LogP contribution in [0.1, 0.15) is 35.9 Å². The molecular formula is C16H21N3O. The maximum absolute atomic E-state index is 12.3. The van der Waals surface area contributed by atoms with E-state index in [-0.39, 0.29) is 5.78 Å². The van der Waals surface area contributed by atoms with E-state index in [9.17, 15) is 4.79 Å². The second-order valence-corrected chi connectivity index (χ2v) is 5.43. The van der Waals surface area contributed by atoms with Crippen LogP contribution in [0.4, 0.5) is 5.69 Å². The third-order valence-electron chi connectivity index (χ3n) is 3.22. The van der Waals surface area contributed by atoms with E-state index in [1.165, 1.54) is 0 Å². The Kier molecular flexibility index (Phi) is 4.23. The van der Waals surface area contributed by atoms with E-state index in [4.69, 9.17) is 0 Å². The summed E-state index contributed by atoms with van der Waals surface area (Å²) < 4.78 is 1.87. The Labute approximate surface area is 120 Å². The molecule has 0 radical (unpaired) electrons. The number of carbonyl (C=O) groups excluding carboxylic acids is 1. The van der Waals surface area contributed by atoms with Crippen molar-refractivity contribution >= 4 is 11.5 Å². The van der Waals surface area contributed by atoms with Crippen molar-refractivity contribution in [1.29, 1.82) is 0 Å². The van der Waals surface area contributed by atoms with Gasteiger partial charge in [0.05, 0.1) is 12.1 Å². The zero-order valence-electron chi connectivity index (χ0n) is 12.5. The van der Waals surface area contributed by atoms with Crippen LogP contribution >= 0.6 is 0 Å². The molecule has 1 aromatic carbocycles. The largest absolute Gasteiger partial charge is 0.378 e. The summed E-state index contributed by atoms with van der Waals surface area (Å²) in [6.07, 6.45) is 2.26. The standard InChI is InChI=1S/C16H21N3O/c1-12(2)19-9-8-14(17-19)11-16(20)13-6-5-7-15(10-13)18(3)4/h5-10,12H,11H2,1-4H3. The van der Waals surface area contributed by atoms with Crippen molar-refractivity contribution in [3.8, 4) is 0 Å². The summed E-state index contributed by atoms with van der Waals surface area (Å²) in [4.78, 5) is 14.3. The highest BCUT2D eigenvalue weighted by Crippen LogP contribution is 2.15. The molecule has 0 saturated carbocycles. The van der Waals surface area contributed by atoms with E-state index in [1.807, 2.05) is 60.2 Å². The van der Waals surface area contributed by atoms with Crippen molar-refractivity contribution in [3.63, 3.8) is 0 Å². The summed E-state index contributed by atoms with van der Waals surface area (Å²) in [5, 5.41) is 4.42. The van der Waals surface area contributed by atoms with Crippen LogP contribution in [0.15, 0.2) is 36.5 Å². The molecular weight excluding hydrogens is 250 g/mol. The van der Waals surface area contributed by atoms with E-state index >= 15 is 0 Å². The first-order valence-electron chi connectivity index (χ1n) is 6.82. The Bertz CT molecular complexity index is 599. The van der Waals surface area contributed by atoms with Gasteiger partial charge in [-0.3, -0.25) is 9.48 Å². The average molecular weight is 271 g/mol. The lowest BCUT2D eigenvalue weighted by molar-refractivity contribution is 0.0991. The summed E-state index contributed by atoms with van der Waals surface area (Å²) in [7, 11) is 3.93. The lowest BCUT2D eigenvalue weighted by atomic mass is 10.1. The molecule has 2 aromatic rings. The molecule has 0 spiro atoms. The lowest BCUT2D eigenvalue weighted by Crippen LogP contribution is -2.11. The number of nitrogens with zero attached hydrogens (tertiary/aromatic N) is 3. The predicted molar refractivity (Wildman–Crippen MR) is 81.4 cm³/mol. The second-order valence-electron chi connectivity index (χ2n) is 5.43. The molecule has 4 nitrogen and oxygen atoms in total. The van der Waals surface area contributed by atoms with Gasteiger partial charge in [-0.05, 0) is 32.0 Å². The molecule has 0 amide bonds. The van der Waals surface area contributed by atoms with E-state index in [0.29, 0.717) is 12.5 Å². The first-order valence-corrected chi connectivity index (χ1v) is 6.82. The van der Waals surface area contributed by atoms with Crippen molar-refractivity contribution < 1.29 is 4.79 Å². The number of Topliss-reactive ketones (excluding diaryl/α,β-unsaturated/α-hetero) is 1. The third kappa shape index (κ3) is 3.26. The number of ketones is 1. The molecule has 0 aliphatic carbocycles. The van der Waals surface area contributed by atoms with Gasteiger partial charge in [-0.2, -0.15) is 5.10 Å². The summed E-state index contributed by atoms with van der Waals surface area (Å²) in [6, 6.07) is 9.90. The number of benzene rings is 1. The Hall–Kier alpha value is -2.10. The first kappa shape index (κ1) is 14.3. The van der Waals surface area contributed by atoms with Crippen LogP contribution in [0.3, 0.4) is 0 Å². The molecule has 0 saturated heterocycles. The molecule has 0 fully saturated rings. The summed E-state index contributed by atoms with van der Waals surface area (Å²) >= 11 is 0. The number of carbonyl (C=O) groups is 1. The first-order chi connectivity index (χ1) is 9.47. The van der Waals surface area contributed by atoms with Crippen LogP contribution in [0.5, 0.6) is 0 Å². The average Bonchev–Trinajstić information content (AvgIpc) is 2.87. The molecule has 1 heterocycles. The lowest BCUT2D eigenvalue weighted by Gasteiger charge is -2.13. The van der Waals surface area contributed by atoms with Gasteiger partial charge in [-0.15, -0.1) is 0 Å². The van der Waals surface area contributed by atoms with E-state index < -0.39 is 0 Å². The highest BCUT2D eigenvalue weighted by Gasteiger charge is 2.11. The van der Waals surface area contributed by atoms with Crippen LogP contribution in [0, 0.1) is 0 Å². The van der Waals surface area contributed by atoms with Gasteiger partial charge in [0.25, 0.3) is 0 Å². The van der Waals surface area contributed by atoms with Crippen molar-refractivity contribution in [3.05, 3.63) is 47.8 Å². The van der Waals surface area contributed by atoms with Gasteiger partial charge in [0.1, 0.15) is 0 Å². The fourth-order valence-electron chi connectivity index (χ4n) is 1.98. The molecule has 1 aromatic heterocycles. The predicted octanol–water partition coefficient (Wildman–Crippen LogP) is 2.96. The minimum atomic E-state index is 0.0997. The fraction of sp³-hybridized carbons (Fsp3) is 0.375. The molecule has 0 bridgehead atoms.